The van der Waals surface area contributed by atoms with Crippen molar-refractivity contribution in [2.75, 3.05) is 5.32 Å². The molecule has 11 heteroatoms. The number of amides is 1. The standard InChI is InChI=1S/C17H13N5O5S/c1-10-2-4-13(5-3-10)28-14-7-11(6-12(8-14)21(24)25)18-17(23)15-9-16(20-19-15)22(26)27/h2-9H,1H3,(H,18,23)(H,19,20). The maximum absolute atomic E-state index is 12.2. The monoisotopic (exact) mass is 399 g/mol. The zero-order valence-electron chi connectivity index (χ0n) is 14.4. The highest BCUT2D eigenvalue weighted by molar-refractivity contribution is 7.99. The molecule has 0 atom stereocenters. The Morgan fingerprint density at radius 1 is 1.04 bits per heavy atom. The van der Waals surface area contributed by atoms with Gasteiger partial charge in [-0.15, -0.1) is 5.10 Å². The van der Waals surface area contributed by atoms with Gasteiger partial charge in [0.15, 0.2) is 5.69 Å². The lowest BCUT2D eigenvalue weighted by atomic mass is 10.2. The minimum absolute atomic E-state index is 0.180. The molecule has 0 aliphatic rings. The predicted molar refractivity (Wildman–Crippen MR) is 102 cm³/mol. The zero-order chi connectivity index (χ0) is 20.3. The van der Waals surface area contributed by atoms with Crippen LogP contribution in [0.2, 0.25) is 0 Å². The lowest BCUT2D eigenvalue weighted by molar-refractivity contribution is -0.389. The van der Waals surface area contributed by atoms with E-state index >= 15 is 0 Å². The number of nitro groups is 2. The van der Waals surface area contributed by atoms with Gasteiger partial charge in [0, 0.05) is 27.6 Å². The molecule has 2 N–H and O–H groups in total. The number of aromatic amines is 1. The van der Waals surface area contributed by atoms with Gasteiger partial charge in [-0.1, -0.05) is 34.6 Å². The van der Waals surface area contributed by atoms with Gasteiger partial charge in [0.1, 0.15) is 0 Å². The van der Waals surface area contributed by atoms with Gasteiger partial charge in [-0.2, -0.15) is 0 Å². The van der Waals surface area contributed by atoms with E-state index in [4.69, 9.17) is 0 Å². The topological polar surface area (TPSA) is 144 Å². The third-order valence-corrected chi connectivity index (χ3v) is 4.59. The van der Waals surface area contributed by atoms with Crippen molar-refractivity contribution in [1.29, 1.82) is 0 Å². The highest BCUT2D eigenvalue weighted by atomic mass is 32.2. The van der Waals surface area contributed by atoms with E-state index in [0.717, 1.165) is 16.5 Å². The van der Waals surface area contributed by atoms with E-state index in [0.29, 0.717) is 4.90 Å². The molecule has 0 spiro atoms. The minimum atomic E-state index is -0.726. The summed E-state index contributed by atoms with van der Waals surface area (Å²) in [5.41, 5.74) is 0.871. The van der Waals surface area contributed by atoms with E-state index < -0.39 is 21.6 Å². The number of nitrogens with zero attached hydrogens (tertiary/aromatic N) is 3. The van der Waals surface area contributed by atoms with E-state index in [2.05, 4.69) is 15.5 Å². The van der Waals surface area contributed by atoms with Crippen LogP contribution in [0.4, 0.5) is 17.2 Å². The number of anilines is 1. The number of carbonyl (C=O) groups excluding carboxylic acids is 1. The van der Waals surface area contributed by atoms with Gasteiger partial charge in [0.05, 0.1) is 11.0 Å². The molecule has 0 saturated carbocycles. The van der Waals surface area contributed by atoms with Crippen molar-refractivity contribution < 1.29 is 14.6 Å². The first-order valence-electron chi connectivity index (χ1n) is 7.87. The van der Waals surface area contributed by atoms with Crippen molar-refractivity contribution in [2.24, 2.45) is 0 Å². The number of aryl methyl sites for hydroxylation is 1. The minimum Gasteiger partial charge on any atom is -0.358 e. The number of H-pyrrole nitrogens is 1. The van der Waals surface area contributed by atoms with Crippen LogP contribution in [-0.2, 0) is 0 Å². The predicted octanol–water partition coefficient (Wildman–Crippen LogP) is 3.94. The number of rotatable bonds is 6. The van der Waals surface area contributed by atoms with Gasteiger partial charge in [0.25, 0.3) is 11.6 Å². The van der Waals surface area contributed by atoms with E-state index in [1.807, 2.05) is 31.2 Å². The lowest BCUT2D eigenvalue weighted by Crippen LogP contribution is -2.12. The Morgan fingerprint density at radius 3 is 2.36 bits per heavy atom. The third kappa shape index (κ3) is 4.51. The average molecular weight is 399 g/mol. The summed E-state index contributed by atoms with van der Waals surface area (Å²) in [6.07, 6.45) is 0. The van der Waals surface area contributed by atoms with Crippen LogP contribution in [0.3, 0.4) is 0 Å². The summed E-state index contributed by atoms with van der Waals surface area (Å²) in [6, 6.07) is 12.8. The molecular weight excluding hydrogens is 386 g/mol. The third-order valence-electron chi connectivity index (χ3n) is 3.61. The van der Waals surface area contributed by atoms with E-state index in [9.17, 15) is 25.0 Å². The maximum Gasteiger partial charge on any atom is 0.343 e. The first-order chi connectivity index (χ1) is 13.3. The molecule has 10 nitrogen and oxygen atoms in total. The molecule has 0 saturated heterocycles. The number of hydrogen-bond donors (Lipinski definition) is 2. The van der Waals surface area contributed by atoms with Gasteiger partial charge in [-0.05, 0) is 30.0 Å². The van der Waals surface area contributed by atoms with Gasteiger partial charge in [-0.25, -0.2) is 0 Å². The molecule has 0 aliphatic carbocycles. The smallest absolute Gasteiger partial charge is 0.343 e. The van der Waals surface area contributed by atoms with Gasteiger partial charge in [-0.3, -0.25) is 14.9 Å². The Hall–Kier alpha value is -3.73. The maximum atomic E-state index is 12.2. The number of aromatic nitrogens is 2. The number of nitro benzene ring substituents is 1. The van der Waals surface area contributed by atoms with Crippen molar-refractivity contribution in [3.05, 3.63) is 80.0 Å². The van der Waals surface area contributed by atoms with Crippen molar-refractivity contribution >= 4 is 34.9 Å². The summed E-state index contributed by atoms with van der Waals surface area (Å²) < 4.78 is 0. The fraction of sp³-hybridized carbons (Fsp3) is 0.0588. The second kappa shape index (κ2) is 7.88. The summed E-state index contributed by atoms with van der Waals surface area (Å²) >= 11 is 1.31. The fourth-order valence-corrected chi connectivity index (χ4v) is 3.19. The van der Waals surface area contributed by atoms with Gasteiger partial charge in [0.2, 0.25) is 0 Å². The Kier molecular flexibility index (Phi) is 5.36. The number of benzene rings is 2. The Balaban J connectivity index is 1.85. The zero-order valence-corrected chi connectivity index (χ0v) is 15.2. The van der Waals surface area contributed by atoms with Gasteiger partial charge < -0.3 is 15.4 Å². The van der Waals surface area contributed by atoms with Crippen molar-refractivity contribution in [3.8, 4) is 0 Å². The molecule has 0 bridgehead atoms. The second-order valence-corrected chi connectivity index (χ2v) is 6.88. The molecule has 1 aromatic heterocycles. The second-order valence-electron chi connectivity index (χ2n) is 5.74. The average Bonchev–Trinajstić information content (AvgIpc) is 3.14. The number of nitrogens with one attached hydrogen (secondary N) is 2. The first kappa shape index (κ1) is 19.0. The highest BCUT2D eigenvalue weighted by Crippen LogP contribution is 2.33. The van der Waals surface area contributed by atoms with E-state index in [1.165, 1.54) is 23.9 Å². The fourth-order valence-electron chi connectivity index (χ4n) is 2.28. The van der Waals surface area contributed by atoms with Gasteiger partial charge >= 0.3 is 5.82 Å². The van der Waals surface area contributed by atoms with Crippen LogP contribution >= 0.6 is 11.8 Å². The molecular formula is C17H13N5O5S. The molecule has 0 aliphatic heterocycles. The summed E-state index contributed by atoms with van der Waals surface area (Å²) in [6.45, 7) is 1.95. The number of carbonyl (C=O) groups is 1. The summed E-state index contributed by atoms with van der Waals surface area (Å²) in [7, 11) is 0. The quantitative estimate of drug-likeness (QED) is 0.472. The van der Waals surface area contributed by atoms with Crippen molar-refractivity contribution in [3.63, 3.8) is 0 Å². The number of hydrogen-bond acceptors (Lipinski definition) is 7. The molecule has 0 unspecified atom stereocenters. The van der Waals surface area contributed by atoms with Crippen LogP contribution in [0.15, 0.2) is 58.3 Å². The van der Waals surface area contributed by atoms with Crippen LogP contribution in [0.1, 0.15) is 16.1 Å². The summed E-state index contributed by atoms with van der Waals surface area (Å²) in [4.78, 5) is 34.3. The molecule has 2 aromatic carbocycles. The Bertz CT molecular complexity index is 1060. The Morgan fingerprint density at radius 2 is 1.75 bits per heavy atom. The summed E-state index contributed by atoms with van der Waals surface area (Å²) in [5.74, 6) is -1.16. The first-order valence-corrected chi connectivity index (χ1v) is 8.68. The van der Waals surface area contributed by atoms with Crippen molar-refractivity contribution in [2.45, 2.75) is 16.7 Å². The highest BCUT2D eigenvalue weighted by Gasteiger charge is 2.18. The van der Waals surface area contributed by atoms with Crippen LogP contribution in [0.5, 0.6) is 0 Å². The summed E-state index contributed by atoms with van der Waals surface area (Å²) in [5, 5.41) is 30.1. The molecule has 3 rings (SSSR count). The number of non-ortho nitro benzene ring substituents is 1. The molecule has 0 radical (unpaired) electrons. The van der Waals surface area contributed by atoms with Crippen LogP contribution in [0.25, 0.3) is 0 Å². The van der Waals surface area contributed by atoms with Crippen LogP contribution in [0, 0.1) is 27.2 Å². The molecule has 142 valence electrons. The van der Waals surface area contributed by atoms with E-state index in [1.54, 1.807) is 6.07 Å². The lowest BCUT2D eigenvalue weighted by Gasteiger charge is -2.07. The largest absolute Gasteiger partial charge is 0.358 e. The van der Waals surface area contributed by atoms with Crippen molar-refractivity contribution in [1.82, 2.24) is 10.2 Å². The molecule has 3 aromatic rings. The normalized spacial score (nSPS) is 10.5. The Labute approximate surface area is 162 Å². The molecule has 28 heavy (non-hydrogen) atoms. The van der Waals surface area contributed by atoms with Crippen LogP contribution in [-0.4, -0.2) is 26.0 Å². The molecule has 0 fully saturated rings. The molecule has 1 heterocycles. The van der Waals surface area contributed by atoms with E-state index in [-0.39, 0.29) is 17.1 Å². The molecule has 1 amide bonds. The SMILES string of the molecule is Cc1ccc(Sc2cc(NC(=O)c3cc([N+](=O)[O-])[nH]n3)cc([N+](=O)[O-])c2)cc1. The van der Waals surface area contributed by atoms with Crippen LogP contribution < -0.4 is 5.32 Å².